The summed E-state index contributed by atoms with van der Waals surface area (Å²) in [6.07, 6.45) is 3.68. The van der Waals surface area contributed by atoms with Gasteiger partial charge in [-0.3, -0.25) is 0 Å². The molecule has 1 atom stereocenters. The van der Waals surface area contributed by atoms with Gasteiger partial charge in [0, 0.05) is 29.8 Å². The van der Waals surface area contributed by atoms with Crippen molar-refractivity contribution in [1.82, 2.24) is 15.3 Å². The Morgan fingerprint density at radius 1 is 1.35 bits per heavy atom. The molecule has 0 spiro atoms. The summed E-state index contributed by atoms with van der Waals surface area (Å²) in [6, 6.07) is 0.303. The Balaban J connectivity index is 2.27. The van der Waals surface area contributed by atoms with Crippen molar-refractivity contribution in [2.45, 2.75) is 39.7 Å². The maximum absolute atomic E-state index is 5.32. The number of hydrogen-bond donors (Lipinski definition) is 1. The summed E-state index contributed by atoms with van der Waals surface area (Å²) < 4.78 is 5.32. The van der Waals surface area contributed by atoms with E-state index in [1.165, 1.54) is 15.8 Å². The van der Waals surface area contributed by atoms with Crippen molar-refractivity contribution in [3.8, 4) is 0 Å². The van der Waals surface area contributed by atoms with E-state index in [1.807, 2.05) is 0 Å². The largest absolute Gasteiger partial charge is 0.383 e. The van der Waals surface area contributed by atoms with Crippen LogP contribution >= 0.6 is 11.3 Å². The van der Waals surface area contributed by atoms with Crippen LogP contribution in [0.2, 0.25) is 0 Å². The minimum Gasteiger partial charge on any atom is -0.383 e. The summed E-state index contributed by atoms with van der Waals surface area (Å²) in [5, 5.41) is 4.76. The molecule has 20 heavy (non-hydrogen) atoms. The van der Waals surface area contributed by atoms with E-state index in [9.17, 15) is 0 Å². The van der Waals surface area contributed by atoms with Crippen molar-refractivity contribution in [3.05, 3.63) is 22.5 Å². The normalized spacial score (nSPS) is 13.0. The topological polar surface area (TPSA) is 47.0 Å². The smallest absolute Gasteiger partial charge is 0.127 e. The molecule has 0 bridgehead atoms. The number of nitrogens with zero attached hydrogens (tertiary/aromatic N) is 2. The first-order chi connectivity index (χ1) is 9.67. The molecule has 0 aliphatic rings. The van der Waals surface area contributed by atoms with Crippen LogP contribution in [0.25, 0.3) is 10.2 Å². The first-order valence-corrected chi connectivity index (χ1v) is 7.90. The van der Waals surface area contributed by atoms with Gasteiger partial charge in [0.1, 0.15) is 11.2 Å². The number of aryl methyl sites for hydroxylation is 2. The SMILES string of the molecule is CCCNC(COC)Cc1ncnc2sc(C)c(C)c12. The average Bonchev–Trinajstić information content (AvgIpc) is 2.73. The fourth-order valence-electron chi connectivity index (χ4n) is 2.38. The van der Waals surface area contributed by atoms with Gasteiger partial charge in [-0.1, -0.05) is 6.92 Å². The first-order valence-electron chi connectivity index (χ1n) is 7.09. The minimum absolute atomic E-state index is 0.303. The lowest BCUT2D eigenvalue weighted by Gasteiger charge is -2.17. The highest BCUT2D eigenvalue weighted by Gasteiger charge is 2.16. The molecule has 0 aliphatic carbocycles. The Hall–Kier alpha value is -1.04. The summed E-state index contributed by atoms with van der Waals surface area (Å²) in [5.41, 5.74) is 2.44. The molecule has 110 valence electrons. The zero-order valence-electron chi connectivity index (χ0n) is 12.7. The number of nitrogens with one attached hydrogen (secondary N) is 1. The number of hydrogen-bond acceptors (Lipinski definition) is 5. The molecule has 0 fully saturated rings. The van der Waals surface area contributed by atoms with E-state index < -0.39 is 0 Å². The van der Waals surface area contributed by atoms with E-state index in [1.54, 1.807) is 24.8 Å². The molecule has 1 unspecified atom stereocenters. The van der Waals surface area contributed by atoms with Gasteiger partial charge in [-0.05, 0) is 32.4 Å². The quantitative estimate of drug-likeness (QED) is 0.852. The molecule has 2 aromatic heterocycles. The molecular formula is C15H23N3OS. The van der Waals surface area contributed by atoms with Crippen molar-refractivity contribution >= 4 is 21.6 Å². The number of fused-ring (bicyclic) bond motifs is 1. The van der Waals surface area contributed by atoms with Crippen LogP contribution in [0.1, 0.15) is 29.5 Å². The van der Waals surface area contributed by atoms with Crippen molar-refractivity contribution in [1.29, 1.82) is 0 Å². The lowest BCUT2D eigenvalue weighted by atomic mass is 10.1. The molecule has 0 aliphatic heterocycles. The molecular weight excluding hydrogens is 270 g/mol. The van der Waals surface area contributed by atoms with Crippen molar-refractivity contribution < 1.29 is 4.74 Å². The Morgan fingerprint density at radius 3 is 2.85 bits per heavy atom. The second-order valence-corrected chi connectivity index (χ2v) is 6.30. The van der Waals surface area contributed by atoms with Gasteiger partial charge in [0.25, 0.3) is 0 Å². The summed E-state index contributed by atoms with van der Waals surface area (Å²) in [7, 11) is 1.75. The highest BCUT2D eigenvalue weighted by molar-refractivity contribution is 7.18. The molecule has 0 saturated carbocycles. The van der Waals surface area contributed by atoms with Gasteiger partial charge < -0.3 is 10.1 Å². The van der Waals surface area contributed by atoms with E-state index in [0.717, 1.165) is 29.9 Å². The van der Waals surface area contributed by atoms with Gasteiger partial charge in [-0.15, -0.1) is 11.3 Å². The molecule has 2 aromatic rings. The highest BCUT2D eigenvalue weighted by Crippen LogP contribution is 2.30. The molecule has 0 radical (unpaired) electrons. The summed E-state index contributed by atoms with van der Waals surface area (Å²) in [5.74, 6) is 0. The number of methoxy groups -OCH3 is 1. The number of ether oxygens (including phenoxy) is 1. The van der Waals surface area contributed by atoms with Crippen LogP contribution in [0.5, 0.6) is 0 Å². The van der Waals surface area contributed by atoms with Crippen LogP contribution in [-0.4, -0.2) is 36.3 Å². The highest BCUT2D eigenvalue weighted by atomic mass is 32.1. The van der Waals surface area contributed by atoms with Gasteiger partial charge >= 0.3 is 0 Å². The molecule has 5 heteroatoms. The Kier molecular flexibility index (Phi) is 5.46. The molecule has 4 nitrogen and oxygen atoms in total. The first kappa shape index (κ1) is 15.4. The van der Waals surface area contributed by atoms with Crippen molar-refractivity contribution in [2.24, 2.45) is 0 Å². The van der Waals surface area contributed by atoms with Crippen LogP contribution in [-0.2, 0) is 11.2 Å². The molecule has 0 saturated heterocycles. The van der Waals surface area contributed by atoms with Crippen LogP contribution in [0.4, 0.5) is 0 Å². The fraction of sp³-hybridized carbons (Fsp3) is 0.600. The van der Waals surface area contributed by atoms with E-state index in [0.29, 0.717) is 12.6 Å². The maximum Gasteiger partial charge on any atom is 0.127 e. The Morgan fingerprint density at radius 2 is 2.15 bits per heavy atom. The monoisotopic (exact) mass is 293 g/mol. The molecule has 0 amide bonds. The van der Waals surface area contributed by atoms with E-state index in [4.69, 9.17) is 4.74 Å². The van der Waals surface area contributed by atoms with Crippen LogP contribution in [0, 0.1) is 13.8 Å². The molecule has 2 rings (SSSR count). The molecule has 0 aromatic carbocycles. The van der Waals surface area contributed by atoms with Crippen molar-refractivity contribution in [2.75, 3.05) is 20.3 Å². The Bertz CT molecular complexity index is 567. The number of rotatable bonds is 7. The average molecular weight is 293 g/mol. The molecule has 2 heterocycles. The van der Waals surface area contributed by atoms with Crippen LogP contribution < -0.4 is 5.32 Å². The van der Waals surface area contributed by atoms with Crippen LogP contribution in [0.3, 0.4) is 0 Å². The third-order valence-corrected chi connectivity index (χ3v) is 4.65. The number of thiophene rings is 1. The Labute approximate surface area is 124 Å². The van der Waals surface area contributed by atoms with Gasteiger partial charge in [-0.2, -0.15) is 0 Å². The summed E-state index contributed by atoms with van der Waals surface area (Å²) in [6.45, 7) is 8.18. The second-order valence-electron chi connectivity index (χ2n) is 5.09. The van der Waals surface area contributed by atoms with E-state index in [2.05, 4.69) is 36.1 Å². The standard InChI is InChI=1S/C15H23N3OS/c1-5-6-16-12(8-19-4)7-13-14-10(2)11(3)20-15(14)18-9-17-13/h9,12,16H,5-8H2,1-4H3. The predicted molar refractivity (Wildman–Crippen MR) is 84.6 cm³/mol. The minimum atomic E-state index is 0.303. The lowest BCUT2D eigenvalue weighted by molar-refractivity contribution is 0.166. The lowest BCUT2D eigenvalue weighted by Crippen LogP contribution is -2.36. The molecule has 1 N–H and O–H groups in total. The third-order valence-electron chi connectivity index (χ3n) is 3.53. The van der Waals surface area contributed by atoms with Crippen LogP contribution in [0.15, 0.2) is 6.33 Å². The second kappa shape index (κ2) is 7.11. The van der Waals surface area contributed by atoms with Gasteiger partial charge in [0.05, 0.1) is 12.3 Å². The maximum atomic E-state index is 5.32. The number of aromatic nitrogens is 2. The zero-order chi connectivity index (χ0) is 14.5. The zero-order valence-corrected chi connectivity index (χ0v) is 13.5. The summed E-state index contributed by atoms with van der Waals surface area (Å²) in [4.78, 5) is 11.3. The van der Waals surface area contributed by atoms with Gasteiger partial charge in [-0.25, -0.2) is 9.97 Å². The van der Waals surface area contributed by atoms with Gasteiger partial charge in [0.2, 0.25) is 0 Å². The fourth-order valence-corrected chi connectivity index (χ4v) is 3.40. The van der Waals surface area contributed by atoms with E-state index >= 15 is 0 Å². The van der Waals surface area contributed by atoms with Crippen molar-refractivity contribution in [3.63, 3.8) is 0 Å². The van der Waals surface area contributed by atoms with E-state index in [-0.39, 0.29) is 0 Å². The third kappa shape index (κ3) is 3.34. The predicted octanol–water partition coefficient (Wildman–Crippen LogP) is 2.87. The van der Waals surface area contributed by atoms with Gasteiger partial charge in [0.15, 0.2) is 0 Å². The summed E-state index contributed by atoms with van der Waals surface area (Å²) >= 11 is 1.75.